The van der Waals surface area contributed by atoms with Crippen molar-refractivity contribution >= 4 is 70.8 Å². The Bertz CT molecular complexity index is 4290. The van der Waals surface area contributed by atoms with Crippen molar-refractivity contribution in [1.82, 2.24) is 26.6 Å². The van der Waals surface area contributed by atoms with Gasteiger partial charge in [-0.15, -0.1) is 0 Å². The van der Waals surface area contributed by atoms with E-state index >= 15 is 24.0 Å². The van der Waals surface area contributed by atoms with E-state index in [2.05, 4.69) is 33.5 Å². The van der Waals surface area contributed by atoms with Crippen LogP contribution in [0.25, 0.3) is 11.1 Å². The number of aliphatic hydroxyl groups is 6. The summed E-state index contributed by atoms with van der Waals surface area (Å²) in [6.07, 6.45) is -8.72. The summed E-state index contributed by atoms with van der Waals surface area (Å²) in [7, 11) is 0. The second-order valence-electron chi connectivity index (χ2n) is 30.8. The molecule has 11 bridgehead atoms. The number of nitrogens with two attached hydrogens (primary N) is 1. The lowest BCUT2D eigenvalue weighted by Gasteiger charge is -2.48. The summed E-state index contributed by atoms with van der Waals surface area (Å²) in [5, 5.41) is 119. The fourth-order valence-electron chi connectivity index (χ4n) is 15.5. The summed E-state index contributed by atoms with van der Waals surface area (Å²) in [5.74, 6) is -16.4. The molecule has 2 fully saturated rings. The van der Waals surface area contributed by atoms with E-state index in [4.69, 9.17) is 62.1 Å². The molecule has 0 aromatic heterocycles. The van der Waals surface area contributed by atoms with E-state index in [0.29, 0.717) is 19.4 Å². The smallest absolute Gasteiger partial charge is 0.295 e. The second kappa shape index (κ2) is 39.3. The number of hydrogen-bond acceptors (Lipinski definition) is 25. The molecule has 0 radical (unpaired) electrons. The summed E-state index contributed by atoms with van der Waals surface area (Å²) in [6, 6.07) is 8.70. The van der Waals surface area contributed by atoms with Gasteiger partial charge in [0.1, 0.15) is 77.4 Å². The molecule has 0 spiro atoms. The van der Waals surface area contributed by atoms with Crippen molar-refractivity contribution in [3.63, 3.8) is 0 Å². The summed E-state index contributed by atoms with van der Waals surface area (Å²) < 4.78 is 45.0. The molecule has 16 N–H and O–H groups in total. The van der Waals surface area contributed by atoms with Crippen LogP contribution in [0.5, 0.6) is 46.0 Å². The third kappa shape index (κ3) is 20.9. The Hall–Kier alpha value is -8.76. The van der Waals surface area contributed by atoms with E-state index in [-0.39, 0.29) is 79.3 Å². The Balaban J connectivity index is 1.15. The molecule has 30 nitrogen and oxygen atoms in total. The Kier molecular flexibility index (Phi) is 30.2. The maximum absolute atomic E-state index is 16.3. The molecular weight excluding hydrogens is 1520 g/mol. The maximum Gasteiger partial charge on any atom is 0.295 e. The minimum Gasteiger partial charge on any atom is -0.508 e. The molecule has 32 heteroatoms. The predicted molar refractivity (Wildman–Crippen MR) is 413 cm³/mol. The molecule has 5 aromatic rings. The lowest BCUT2D eigenvalue weighted by atomic mass is 9.84. The van der Waals surface area contributed by atoms with Crippen LogP contribution in [0.2, 0.25) is 10.0 Å². The van der Waals surface area contributed by atoms with Crippen molar-refractivity contribution in [2.24, 2.45) is 23.5 Å². The third-order valence-corrected chi connectivity index (χ3v) is 22.4. The highest BCUT2D eigenvalue weighted by molar-refractivity contribution is 6.32. The Labute approximate surface area is 670 Å². The fraction of sp³-hybridized carbons (Fsp3) is 0.537. The van der Waals surface area contributed by atoms with Gasteiger partial charge in [-0.3, -0.25) is 38.4 Å². The van der Waals surface area contributed by atoms with Gasteiger partial charge in [0, 0.05) is 59.9 Å². The van der Waals surface area contributed by atoms with Gasteiger partial charge in [0.25, 0.3) is 6.47 Å². The van der Waals surface area contributed by atoms with Crippen LogP contribution in [0, 0.1) is 17.8 Å². The van der Waals surface area contributed by atoms with Gasteiger partial charge in [0.2, 0.25) is 47.8 Å². The minimum atomic E-state index is -2.17. The zero-order valence-corrected chi connectivity index (χ0v) is 65.9. The van der Waals surface area contributed by atoms with Crippen molar-refractivity contribution in [2.75, 3.05) is 13.2 Å². The number of phenolic OH excluding ortho intramolecular Hbond substituents is 3. The number of primary amides is 1. The summed E-state index contributed by atoms with van der Waals surface area (Å²) in [4.78, 5) is 118. The van der Waals surface area contributed by atoms with E-state index < -0.39 is 211 Å². The van der Waals surface area contributed by atoms with Gasteiger partial charge < -0.3 is 111 Å². The first-order chi connectivity index (χ1) is 54.3. The highest BCUT2D eigenvalue weighted by Gasteiger charge is 2.52. The zero-order chi connectivity index (χ0) is 82.6. The number of benzene rings is 5. The normalized spacial score (nSPS) is 27.6. The van der Waals surface area contributed by atoms with Crippen LogP contribution in [0.15, 0.2) is 78.9 Å². The first-order valence-electron chi connectivity index (χ1n) is 38.9. The monoisotopic (exact) mass is 1630 g/mol. The van der Waals surface area contributed by atoms with Crippen LogP contribution in [0.1, 0.15) is 209 Å². The summed E-state index contributed by atoms with van der Waals surface area (Å²) in [6.45, 7) is 10.6. The number of fused-ring (bicyclic) bond motifs is 15. The van der Waals surface area contributed by atoms with Gasteiger partial charge in [-0.25, -0.2) is 0 Å². The number of nitrogens with one attached hydrogen (secondary N) is 5. The third-order valence-electron chi connectivity index (χ3n) is 21.8. The number of rotatable bonds is 27. The predicted octanol–water partition coefficient (Wildman–Crippen LogP) is 8.51. The molecule has 7 aliphatic heterocycles. The molecule has 3 unspecified atom stereocenters. The van der Waals surface area contributed by atoms with Crippen LogP contribution >= 0.6 is 23.2 Å². The number of amides is 5. The molecule has 18 atom stereocenters. The van der Waals surface area contributed by atoms with Gasteiger partial charge in [-0.05, 0) is 122 Å². The van der Waals surface area contributed by atoms with Crippen molar-refractivity contribution in [1.29, 1.82) is 0 Å². The van der Waals surface area contributed by atoms with Crippen molar-refractivity contribution in [3.8, 4) is 57.1 Å². The highest BCUT2D eigenvalue weighted by atomic mass is 35.5. The van der Waals surface area contributed by atoms with Crippen LogP contribution < -0.4 is 46.5 Å². The number of ether oxygens (including phenoxy) is 7. The standard InChI is InChI=1S/C82H104Cl2N6O24/c1-7-9-10-11-12-13-14-15-16-17-18-25-86-82(6)37-64(109-41(5)75(82)103)113-74-72(102)71(101)62(38-91)112-81(74)114-73-60-31-46-32-61(73)111-59-24-21-45(29-53(59)84)70(100)68-79(107)90-80(108-39-92)51-34-48(93)35-55(95)65(51)50-27-43(19-22-54(50)94)49(78(106)89-68)36-57(97)66(46)87-77(105)47(33-63(85)98)30-56(96)67(88-76(104)42(8-2)26-40(3)4)69(99)44-20-23-58(110-60)52(83)28-44/h19-24,27-29,31-32,34-35,39-42,47,49,62,64,66-72,74-75,80-81,86,91,93-95,99-103H,7-18,25-26,30,33,36-38H2,1-6H3,(H2,85,98)(H,87,105)(H,88,104)(H,89,106)(H,90,107)/t41-,42+,47-,49-,62+,64-,66+,67-,68-,69+,70+,71?,72?,74+,75+,80+,81-,82?/m0/s1. The number of carbonyl (C=O) groups is 8. The first kappa shape index (κ1) is 87.6. The van der Waals surface area contributed by atoms with Crippen molar-refractivity contribution in [2.45, 2.75) is 248 Å². The topological polar surface area (TPSA) is 469 Å². The van der Waals surface area contributed by atoms with Crippen LogP contribution in [0.3, 0.4) is 0 Å². The van der Waals surface area contributed by atoms with E-state index in [0.717, 1.165) is 74.6 Å². The molecule has 0 saturated carbocycles. The average molecular weight is 1630 g/mol. The molecule has 7 heterocycles. The Morgan fingerprint density at radius 1 is 0.702 bits per heavy atom. The fourth-order valence-corrected chi connectivity index (χ4v) is 15.9. The van der Waals surface area contributed by atoms with Crippen LogP contribution in [0.4, 0.5) is 0 Å². The number of aliphatic hydroxyl groups excluding tert-OH is 6. The number of hydrogen-bond donors (Lipinski definition) is 15. The summed E-state index contributed by atoms with van der Waals surface area (Å²) >= 11 is 14.4. The number of ketones is 2. The number of carbonyl (C=O) groups excluding carboxylic acids is 8. The van der Waals surface area contributed by atoms with E-state index in [1.165, 1.54) is 74.9 Å². The molecule has 2 saturated heterocycles. The largest absolute Gasteiger partial charge is 0.508 e. The SMILES string of the molecule is CCCCCCCCCCCCCNC1(C)C[C@H](O[C@@H]2C(O)C(O)[C@@H](CO)O[C@H]2Oc2c3cc4cc2Oc2ccc(cc2Cl)[C@@H](O)[C@@H](NC(=O)[C@H](CC)CC(C)C)C(=O)C[C@@H](CC(N)=O)C(=O)N[C@H]4C(=O)C[C@@H]2C(=O)N[C@H](C(=O)N[C@H](OC=O)c4cc(O)cc(O)c4-c4cc2ccc4O)[C@H](O)c2ccc(c(Cl)c2)O3)O[C@@H](C)[C@H]1O. The van der Waals surface area contributed by atoms with E-state index in [9.17, 15) is 60.3 Å². The number of unbranched alkanes of at least 4 members (excludes halogenated alkanes) is 10. The molecular formula is C82H104Cl2N6O24. The van der Waals surface area contributed by atoms with Gasteiger partial charge in [-0.2, -0.15) is 0 Å². The Morgan fingerprint density at radius 2 is 1.32 bits per heavy atom. The molecule has 5 aromatic carbocycles. The molecule has 7 aliphatic rings. The lowest BCUT2D eigenvalue weighted by Crippen LogP contribution is -2.65. The number of phenols is 3. The number of halogens is 2. The molecule has 0 aliphatic carbocycles. The lowest BCUT2D eigenvalue weighted by molar-refractivity contribution is -0.334. The summed E-state index contributed by atoms with van der Waals surface area (Å²) in [5.41, 5.74) is 2.90. The van der Waals surface area contributed by atoms with Crippen LogP contribution in [-0.4, -0.2) is 174 Å². The first-order valence-corrected chi connectivity index (χ1v) is 39.7. The molecule has 5 amide bonds. The highest BCUT2D eigenvalue weighted by Crippen LogP contribution is 2.51. The zero-order valence-electron chi connectivity index (χ0n) is 64.4. The minimum absolute atomic E-state index is 0.00968. The van der Waals surface area contributed by atoms with Gasteiger partial charge >= 0.3 is 0 Å². The number of aromatic hydroxyl groups is 3. The van der Waals surface area contributed by atoms with Crippen molar-refractivity contribution < 1.29 is 117 Å². The van der Waals surface area contributed by atoms with Gasteiger partial charge in [0.15, 0.2) is 35.5 Å². The van der Waals surface area contributed by atoms with Gasteiger partial charge in [-0.1, -0.05) is 133 Å². The van der Waals surface area contributed by atoms with Crippen molar-refractivity contribution in [3.05, 3.63) is 117 Å². The quantitative estimate of drug-likeness (QED) is 0.0173. The maximum atomic E-state index is 16.3. The van der Waals surface area contributed by atoms with Gasteiger partial charge in [0.05, 0.1) is 40.7 Å². The average Bonchev–Trinajstić information content (AvgIpc) is 0.769. The second-order valence-corrected chi connectivity index (χ2v) is 31.6. The molecule has 620 valence electrons. The Morgan fingerprint density at radius 3 is 1.92 bits per heavy atom. The van der Waals surface area contributed by atoms with E-state index in [1.807, 2.05) is 13.8 Å². The molecule has 12 rings (SSSR count). The number of Topliss-reactive ketones (excluding diaryl/α,β-unsaturated/α-hetero) is 2. The van der Waals surface area contributed by atoms with Crippen LogP contribution in [-0.2, 0) is 57.3 Å². The molecule has 114 heavy (non-hydrogen) atoms. The van der Waals surface area contributed by atoms with E-state index in [1.54, 1.807) is 20.8 Å².